The summed E-state index contributed by atoms with van der Waals surface area (Å²) in [5.74, 6) is -12.5. The minimum absolute atomic E-state index is 0.0313. The molecule has 0 aromatic carbocycles. The summed E-state index contributed by atoms with van der Waals surface area (Å²) in [6, 6.07) is -1.24. The Hall–Kier alpha value is -1.34. The Balaban J connectivity index is 1.36. The first-order chi connectivity index (χ1) is 14.0. The number of carbonyl (C=O) groups excluding carboxylic acids is 2. The highest BCUT2D eigenvalue weighted by Crippen LogP contribution is 2.50. The van der Waals surface area contributed by atoms with Gasteiger partial charge in [-0.3, -0.25) is 9.59 Å². The minimum atomic E-state index is -5.10. The van der Waals surface area contributed by atoms with E-state index < -0.39 is 35.7 Å². The Morgan fingerprint density at radius 3 is 1.33 bits per heavy atom. The van der Waals surface area contributed by atoms with Crippen LogP contribution in [0.3, 0.4) is 0 Å². The van der Waals surface area contributed by atoms with E-state index in [1.807, 2.05) is 0 Å². The van der Waals surface area contributed by atoms with Gasteiger partial charge in [0.15, 0.2) is 0 Å². The third-order valence-corrected chi connectivity index (χ3v) is 8.55. The Labute approximate surface area is 174 Å². The lowest BCUT2D eigenvalue weighted by molar-refractivity contribution is -0.212. The van der Waals surface area contributed by atoms with E-state index in [1.54, 1.807) is 13.8 Å². The van der Waals surface area contributed by atoms with E-state index in [2.05, 4.69) is 10.6 Å². The summed E-state index contributed by atoms with van der Waals surface area (Å²) in [6.07, 6.45) is 7.89. The van der Waals surface area contributed by atoms with Crippen molar-refractivity contribution >= 4 is 11.8 Å². The van der Waals surface area contributed by atoms with Crippen molar-refractivity contribution in [2.45, 2.75) is 89.1 Å². The van der Waals surface area contributed by atoms with E-state index in [0.29, 0.717) is 23.7 Å². The first kappa shape index (κ1) is 21.9. The molecule has 4 bridgehead atoms. The fraction of sp³-hybridized carbons (Fsp3) is 0.909. The molecular weight excluding hydrogens is 400 g/mol. The number of amides is 2. The summed E-state index contributed by atoms with van der Waals surface area (Å²) in [7, 11) is 0. The third kappa shape index (κ3) is 3.62. The van der Waals surface area contributed by atoms with Gasteiger partial charge in [-0.05, 0) is 87.9 Å². The molecule has 30 heavy (non-hydrogen) atoms. The van der Waals surface area contributed by atoms with E-state index in [9.17, 15) is 27.2 Å². The Kier molecular flexibility index (Phi) is 5.59. The van der Waals surface area contributed by atoms with Gasteiger partial charge < -0.3 is 10.6 Å². The average molecular weight is 433 g/mol. The van der Waals surface area contributed by atoms with Crippen LogP contribution < -0.4 is 10.6 Å². The quantitative estimate of drug-likeness (QED) is 0.594. The van der Waals surface area contributed by atoms with E-state index in [0.717, 1.165) is 51.4 Å². The number of hydrogen-bond donors (Lipinski definition) is 2. The van der Waals surface area contributed by atoms with Gasteiger partial charge in [-0.15, -0.1) is 0 Å². The molecule has 8 heteroatoms. The molecule has 2 amide bonds. The maximum absolute atomic E-state index is 14.4. The molecule has 0 aromatic heterocycles. The molecule has 0 spiro atoms. The lowest BCUT2D eigenvalue weighted by atomic mass is 9.83. The summed E-state index contributed by atoms with van der Waals surface area (Å²) >= 11 is 0. The normalized spacial score (nSPS) is 37.3. The highest BCUT2D eigenvalue weighted by Gasteiger charge is 2.67. The Morgan fingerprint density at radius 1 is 0.700 bits per heavy atom. The second-order valence-electron chi connectivity index (χ2n) is 10.4. The van der Waals surface area contributed by atoms with Crippen molar-refractivity contribution in [3.63, 3.8) is 0 Å². The monoisotopic (exact) mass is 432 g/mol. The van der Waals surface area contributed by atoms with Crippen molar-refractivity contribution in [3.05, 3.63) is 0 Å². The first-order valence-corrected chi connectivity index (χ1v) is 11.4. The SMILES string of the molecule is C[C@H](NC(=O)C(F)(F)C(F)(F)C(=O)N[C@H](C)[C@@H]1C[C@H]2CC[C@H]1C2)[C@@H]1C[C@H]2CC[C@H]1C2. The molecule has 170 valence electrons. The van der Waals surface area contributed by atoms with Gasteiger partial charge in [-0.2, -0.15) is 17.6 Å². The number of fused-ring (bicyclic) bond motifs is 4. The van der Waals surface area contributed by atoms with Crippen molar-refractivity contribution in [3.8, 4) is 0 Å². The number of rotatable bonds is 7. The molecule has 0 aromatic rings. The summed E-state index contributed by atoms with van der Waals surface area (Å²) in [5.41, 5.74) is 0. The fourth-order valence-corrected chi connectivity index (χ4v) is 6.91. The predicted octanol–water partition coefficient (Wildman–Crippen LogP) is 4.14. The highest BCUT2D eigenvalue weighted by molar-refractivity contribution is 5.95. The van der Waals surface area contributed by atoms with Crippen LogP contribution >= 0.6 is 0 Å². The number of alkyl halides is 4. The molecule has 0 heterocycles. The smallest absolute Gasteiger partial charge is 0.348 e. The van der Waals surface area contributed by atoms with Crippen molar-refractivity contribution in [1.29, 1.82) is 0 Å². The standard InChI is InChI=1S/C22H32F4N2O2/c1-11(17-9-13-3-5-15(17)7-13)27-19(29)21(23,24)22(25,26)20(30)28-12(2)18-10-14-4-6-16(18)8-14/h11-18H,3-10H2,1-2H3,(H,27,29)(H,28,30)/t11-,12+,13-,14-,15-,16-,17-,18-/m0/s1. The average Bonchev–Trinajstić information content (AvgIpc) is 3.47. The molecule has 0 radical (unpaired) electrons. The second kappa shape index (κ2) is 7.66. The lowest BCUT2D eigenvalue weighted by Crippen LogP contribution is -2.62. The maximum atomic E-state index is 14.4. The van der Waals surface area contributed by atoms with Crippen LogP contribution in [0.1, 0.15) is 65.2 Å². The molecule has 8 atom stereocenters. The number of halogens is 4. The van der Waals surface area contributed by atoms with E-state index in [-0.39, 0.29) is 11.8 Å². The first-order valence-electron chi connectivity index (χ1n) is 11.4. The van der Waals surface area contributed by atoms with Crippen molar-refractivity contribution < 1.29 is 27.2 Å². The van der Waals surface area contributed by atoms with Crippen LogP contribution in [0.4, 0.5) is 17.6 Å². The van der Waals surface area contributed by atoms with E-state index >= 15 is 0 Å². The van der Waals surface area contributed by atoms with Gasteiger partial charge in [0.1, 0.15) is 0 Å². The maximum Gasteiger partial charge on any atom is 0.395 e. The van der Waals surface area contributed by atoms with Gasteiger partial charge in [0, 0.05) is 12.1 Å². The molecule has 2 N–H and O–H groups in total. The van der Waals surface area contributed by atoms with Gasteiger partial charge in [0.25, 0.3) is 11.8 Å². The molecule has 0 saturated heterocycles. The van der Waals surface area contributed by atoms with Crippen LogP contribution in [0.15, 0.2) is 0 Å². The van der Waals surface area contributed by atoms with E-state index in [4.69, 9.17) is 0 Å². The predicted molar refractivity (Wildman–Crippen MR) is 103 cm³/mol. The summed E-state index contributed by atoms with van der Waals surface area (Å²) in [4.78, 5) is 24.2. The summed E-state index contributed by atoms with van der Waals surface area (Å²) < 4.78 is 57.7. The minimum Gasteiger partial charge on any atom is -0.348 e. The van der Waals surface area contributed by atoms with Gasteiger partial charge >= 0.3 is 11.8 Å². The Bertz CT molecular complexity index is 643. The third-order valence-electron chi connectivity index (χ3n) is 8.55. The fourth-order valence-electron chi connectivity index (χ4n) is 6.91. The van der Waals surface area contributed by atoms with Crippen molar-refractivity contribution in [2.24, 2.45) is 35.5 Å². The topological polar surface area (TPSA) is 58.2 Å². The van der Waals surface area contributed by atoms with Gasteiger partial charge in [0.2, 0.25) is 0 Å². The number of hydrogen-bond acceptors (Lipinski definition) is 2. The number of carbonyl (C=O) groups is 2. The molecule has 0 aliphatic heterocycles. The molecule has 4 aliphatic rings. The second-order valence-corrected chi connectivity index (χ2v) is 10.4. The van der Waals surface area contributed by atoms with Gasteiger partial charge in [-0.1, -0.05) is 12.8 Å². The zero-order valence-electron chi connectivity index (χ0n) is 17.6. The molecule has 4 rings (SSSR count). The molecule has 4 fully saturated rings. The zero-order chi connectivity index (χ0) is 21.8. The highest BCUT2D eigenvalue weighted by atomic mass is 19.3. The molecule has 4 nitrogen and oxygen atoms in total. The van der Waals surface area contributed by atoms with Crippen LogP contribution in [0.2, 0.25) is 0 Å². The molecule has 4 aliphatic carbocycles. The molecular formula is C22H32F4N2O2. The van der Waals surface area contributed by atoms with Crippen LogP contribution in [-0.4, -0.2) is 35.7 Å². The van der Waals surface area contributed by atoms with Crippen molar-refractivity contribution in [2.75, 3.05) is 0 Å². The largest absolute Gasteiger partial charge is 0.395 e. The number of nitrogens with one attached hydrogen (secondary N) is 2. The molecule has 4 saturated carbocycles. The van der Waals surface area contributed by atoms with Crippen LogP contribution in [0.25, 0.3) is 0 Å². The van der Waals surface area contributed by atoms with Crippen LogP contribution in [-0.2, 0) is 9.59 Å². The van der Waals surface area contributed by atoms with Gasteiger partial charge in [0.05, 0.1) is 0 Å². The summed E-state index contributed by atoms with van der Waals surface area (Å²) in [5, 5.41) is 4.18. The van der Waals surface area contributed by atoms with Gasteiger partial charge in [-0.25, -0.2) is 0 Å². The lowest BCUT2D eigenvalue weighted by Gasteiger charge is -2.33. The van der Waals surface area contributed by atoms with E-state index in [1.165, 1.54) is 0 Å². The van der Waals surface area contributed by atoms with Crippen LogP contribution in [0.5, 0.6) is 0 Å². The Morgan fingerprint density at radius 2 is 1.07 bits per heavy atom. The zero-order valence-corrected chi connectivity index (χ0v) is 17.6. The molecule has 0 unspecified atom stereocenters. The van der Waals surface area contributed by atoms with Crippen LogP contribution in [0, 0.1) is 35.5 Å². The van der Waals surface area contributed by atoms with Crippen molar-refractivity contribution in [1.82, 2.24) is 10.6 Å². The summed E-state index contributed by atoms with van der Waals surface area (Å²) in [6.45, 7) is 3.18.